The molecule has 8 nitrogen and oxygen atoms in total. The van der Waals surface area contributed by atoms with E-state index in [-0.39, 0.29) is 0 Å². The van der Waals surface area contributed by atoms with Crippen molar-refractivity contribution in [2.45, 2.75) is 44.2 Å². The van der Waals surface area contributed by atoms with Crippen LogP contribution in [0.15, 0.2) is 54.7 Å². The van der Waals surface area contributed by atoms with E-state index in [0.29, 0.717) is 29.3 Å². The van der Waals surface area contributed by atoms with E-state index in [9.17, 15) is 0 Å². The zero-order chi connectivity index (χ0) is 23.6. The molecule has 6 rings (SSSR count). The van der Waals surface area contributed by atoms with Gasteiger partial charge in [0.15, 0.2) is 11.5 Å². The number of hydrogen-bond acceptors (Lipinski definition) is 7. The Labute approximate surface area is 204 Å². The number of rotatable bonds is 6. The van der Waals surface area contributed by atoms with Crippen molar-refractivity contribution < 1.29 is 0 Å². The van der Waals surface area contributed by atoms with Gasteiger partial charge in [-0.25, -0.2) is 15.0 Å². The number of fused-ring (bicyclic) bond motifs is 1. The van der Waals surface area contributed by atoms with Crippen LogP contribution in [-0.4, -0.2) is 38.2 Å². The molecular formula is C27H30N8. The maximum absolute atomic E-state index is 6.19. The highest BCUT2D eigenvalue weighted by atomic mass is 15.2. The predicted molar refractivity (Wildman–Crippen MR) is 136 cm³/mol. The second-order valence-electron chi connectivity index (χ2n) is 9.43. The Hall–Kier alpha value is -3.62. The first-order chi connectivity index (χ1) is 17.2. The highest BCUT2D eigenvalue weighted by Crippen LogP contribution is 2.31. The Morgan fingerprint density at radius 1 is 1.00 bits per heavy atom. The summed E-state index contributed by atoms with van der Waals surface area (Å²) in [7, 11) is 0. The van der Waals surface area contributed by atoms with Crippen LogP contribution < -0.4 is 16.4 Å². The standard InChI is InChI=1S/C27H30N8/c28-25-24(27-33-26(34-35-27)19-10-12-29-13-11-19)32-23(16-31-25)20-6-3-4-17(14-20)15-30-22-9-8-18-5-1-2-7-21(18)22/h1-7,14,16,19,22,29-30H,8-13,15H2,(H2,28,31)(H,33,34,35)/t22-/m0/s1. The van der Waals surface area contributed by atoms with Gasteiger partial charge in [-0.15, -0.1) is 0 Å². The topological polar surface area (TPSA) is 117 Å². The number of nitrogens with one attached hydrogen (secondary N) is 3. The summed E-state index contributed by atoms with van der Waals surface area (Å²) in [6.07, 6.45) is 6.09. The molecule has 178 valence electrons. The van der Waals surface area contributed by atoms with Gasteiger partial charge in [-0.05, 0) is 61.5 Å². The number of benzene rings is 2. The fraction of sp³-hybridized carbons (Fsp3) is 0.333. The van der Waals surface area contributed by atoms with Crippen LogP contribution in [0.5, 0.6) is 0 Å². The second kappa shape index (κ2) is 9.56. The quantitative estimate of drug-likeness (QED) is 0.342. The van der Waals surface area contributed by atoms with Gasteiger partial charge in [0.05, 0.1) is 11.9 Å². The summed E-state index contributed by atoms with van der Waals surface area (Å²) in [5.74, 6) is 2.12. The van der Waals surface area contributed by atoms with Crippen molar-refractivity contribution in [3.05, 3.63) is 77.2 Å². The van der Waals surface area contributed by atoms with Crippen molar-refractivity contribution in [3.63, 3.8) is 0 Å². The van der Waals surface area contributed by atoms with Gasteiger partial charge in [-0.2, -0.15) is 5.10 Å². The summed E-state index contributed by atoms with van der Waals surface area (Å²) in [5, 5.41) is 14.6. The average Bonchev–Trinajstić information content (AvgIpc) is 3.56. The summed E-state index contributed by atoms with van der Waals surface area (Å²) in [6, 6.07) is 17.5. The van der Waals surface area contributed by atoms with Crippen LogP contribution in [-0.2, 0) is 13.0 Å². The van der Waals surface area contributed by atoms with Gasteiger partial charge in [0.1, 0.15) is 5.82 Å². The summed E-state index contributed by atoms with van der Waals surface area (Å²) < 4.78 is 0. The molecule has 1 saturated heterocycles. The molecule has 1 aliphatic heterocycles. The third kappa shape index (κ3) is 4.54. The lowest BCUT2D eigenvalue weighted by Gasteiger charge is -2.19. The zero-order valence-corrected chi connectivity index (χ0v) is 19.7. The number of piperidine rings is 1. The van der Waals surface area contributed by atoms with E-state index in [1.807, 2.05) is 0 Å². The highest BCUT2D eigenvalue weighted by molar-refractivity contribution is 5.69. The van der Waals surface area contributed by atoms with E-state index in [1.165, 1.54) is 16.7 Å². The molecule has 0 unspecified atom stereocenters. The molecule has 8 heteroatoms. The van der Waals surface area contributed by atoms with E-state index >= 15 is 0 Å². The lowest BCUT2D eigenvalue weighted by atomic mass is 9.98. The maximum Gasteiger partial charge on any atom is 0.203 e. The summed E-state index contributed by atoms with van der Waals surface area (Å²) in [6.45, 7) is 2.79. The van der Waals surface area contributed by atoms with Crippen molar-refractivity contribution in [3.8, 4) is 22.8 Å². The maximum atomic E-state index is 6.19. The van der Waals surface area contributed by atoms with Gasteiger partial charge >= 0.3 is 0 Å². The molecule has 2 aromatic carbocycles. The molecular weight excluding hydrogens is 436 g/mol. The molecule has 0 amide bonds. The third-order valence-corrected chi connectivity index (χ3v) is 7.15. The first-order valence-electron chi connectivity index (χ1n) is 12.4. The Kier molecular flexibility index (Phi) is 5.98. The number of aromatic amines is 1. The number of hydrogen-bond donors (Lipinski definition) is 4. The van der Waals surface area contributed by atoms with Crippen molar-refractivity contribution >= 4 is 5.82 Å². The number of nitrogens with zero attached hydrogens (tertiary/aromatic N) is 4. The molecule has 4 aromatic rings. The number of anilines is 1. The Morgan fingerprint density at radius 2 is 1.89 bits per heavy atom. The highest BCUT2D eigenvalue weighted by Gasteiger charge is 2.22. The first kappa shape index (κ1) is 21.9. The van der Waals surface area contributed by atoms with E-state index < -0.39 is 0 Å². The fourth-order valence-electron chi connectivity index (χ4n) is 5.21. The normalized spacial score (nSPS) is 18.0. The second-order valence-corrected chi connectivity index (χ2v) is 9.43. The van der Waals surface area contributed by atoms with Crippen LogP contribution in [0.2, 0.25) is 0 Å². The molecule has 0 saturated carbocycles. The Bertz CT molecular complexity index is 1320. The van der Waals surface area contributed by atoms with Gasteiger partial charge < -0.3 is 16.4 Å². The van der Waals surface area contributed by atoms with Crippen LogP contribution in [0.4, 0.5) is 5.82 Å². The van der Waals surface area contributed by atoms with Gasteiger partial charge in [0.2, 0.25) is 5.82 Å². The first-order valence-corrected chi connectivity index (χ1v) is 12.4. The van der Waals surface area contributed by atoms with Crippen molar-refractivity contribution in [1.82, 2.24) is 35.8 Å². The van der Waals surface area contributed by atoms with Gasteiger partial charge in [0, 0.05) is 24.1 Å². The number of nitrogen functional groups attached to an aromatic ring is 1. The molecule has 1 aliphatic carbocycles. The van der Waals surface area contributed by atoms with Crippen molar-refractivity contribution in [1.29, 1.82) is 0 Å². The minimum absolute atomic E-state index is 0.335. The molecule has 0 bridgehead atoms. The van der Waals surface area contributed by atoms with E-state index in [0.717, 1.165) is 62.4 Å². The van der Waals surface area contributed by atoms with Crippen molar-refractivity contribution in [2.75, 3.05) is 18.8 Å². The predicted octanol–water partition coefficient (Wildman–Crippen LogP) is 3.76. The van der Waals surface area contributed by atoms with Crippen LogP contribution >= 0.6 is 0 Å². The number of aromatic nitrogens is 5. The lowest BCUT2D eigenvalue weighted by molar-refractivity contribution is 0.446. The molecule has 5 N–H and O–H groups in total. The summed E-state index contributed by atoms with van der Waals surface area (Å²) in [4.78, 5) is 13.9. The minimum Gasteiger partial charge on any atom is -0.382 e. The zero-order valence-electron chi connectivity index (χ0n) is 19.7. The molecule has 2 aromatic heterocycles. The largest absolute Gasteiger partial charge is 0.382 e. The molecule has 3 heterocycles. The fourth-order valence-corrected chi connectivity index (χ4v) is 5.21. The molecule has 2 aliphatic rings. The van der Waals surface area contributed by atoms with Crippen LogP contribution in [0.3, 0.4) is 0 Å². The molecule has 0 spiro atoms. The molecule has 1 fully saturated rings. The molecule has 0 radical (unpaired) electrons. The third-order valence-electron chi connectivity index (χ3n) is 7.15. The number of aryl methyl sites for hydroxylation is 1. The van der Waals surface area contributed by atoms with Crippen LogP contribution in [0, 0.1) is 0 Å². The van der Waals surface area contributed by atoms with Crippen molar-refractivity contribution in [2.24, 2.45) is 0 Å². The van der Waals surface area contributed by atoms with E-state index in [2.05, 4.69) is 74.3 Å². The van der Waals surface area contributed by atoms with Gasteiger partial charge in [-0.3, -0.25) is 5.10 Å². The monoisotopic (exact) mass is 466 g/mol. The minimum atomic E-state index is 0.335. The molecule has 35 heavy (non-hydrogen) atoms. The number of nitrogens with two attached hydrogens (primary N) is 1. The number of H-pyrrole nitrogens is 1. The van der Waals surface area contributed by atoms with Crippen LogP contribution in [0.25, 0.3) is 22.8 Å². The average molecular weight is 467 g/mol. The smallest absolute Gasteiger partial charge is 0.203 e. The van der Waals surface area contributed by atoms with Crippen LogP contribution in [0.1, 0.15) is 53.7 Å². The SMILES string of the molecule is Nc1ncc(-c2cccc(CN[C@H]3CCc4ccccc43)c2)nc1-c1n[nH]c(C2CCNCC2)n1. The molecule has 1 atom stereocenters. The van der Waals surface area contributed by atoms with Gasteiger partial charge in [-0.1, -0.05) is 42.5 Å². The Balaban J connectivity index is 1.20. The van der Waals surface area contributed by atoms with E-state index in [1.54, 1.807) is 6.20 Å². The lowest BCUT2D eigenvalue weighted by Crippen LogP contribution is -2.27. The summed E-state index contributed by atoms with van der Waals surface area (Å²) >= 11 is 0. The van der Waals surface area contributed by atoms with Gasteiger partial charge in [0.25, 0.3) is 0 Å². The Morgan fingerprint density at radius 3 is 2.80 bits per heavy atom. The van der Waals surface area contributed by atoms with E-state index in [4.69, 9.17) is 15.7 Å². The summed E-state index contributed by atoms with van der Waals surface area (Å²) in [5.41, 5.74) is 12.6.